The Morgan fingerprint density at radius 3 is 2.60 bits per heavy atom. The third kappa shape index (κ3) is 4.57. The molecule has 3 aromatic rings. The van der Waals surface area contributed by atoms with Crippen LogP contribution in [0.25, 0.3) is 0 Å². The van der Waals surface area contributed by atoms with Crippen LogP contribution in [-0.4, -0.2) is 16.5 Å². The molecule has 0 aliphatic carbocycles. The first-order chi connectivity index (χ1) is 12.2. The van der Waals surface area contributed by atoms with E-state index >= 15 is 0 Å². The van der Waals surface area contributed by atoms with Crippen LogP contribution >= 0.6 is 0 Å². The molecule has 0 fully saturated rings. The van der Waals surface area contributed by atoms with Gasteiger partial charge in [-0.05, 0) is 31.2 Å². The quantitative estimate of drug-likeness (QED) is 0.601. The van der Waals surface area contributed by atoms with Gasteiger partial charge in [-0.1, -0.05) is 36.4 Å². The molecule has 0 bridgehead atoms. The Balaban J connectivity index is 1.83. The van der Waals surface area contributed by atoms with Gasteiger partial charge in [0, 0.05) is 18.3 Å². The van der Waals surface area contributed by atoms with Crippen molar-refractivity contribution in [3.63, 3.8) is 0 Å². The molecule has 2 aromatic carbocycles. The summed E-state index contributed by atoms with van der Waals surface area (Å²) in [5, 5.41) is 6.41. The van der Waals surface area contributed by atoms with Gasteiger partial charge in [0.1, 0.15) is 11.6 Å². The summed E-state index contributed by atoms with van der Waals surface area (Å²) in [6, 6.07) is 19.2. The number of para-hydroxylation sites is 3. The summed E-state index contributed by atoms with van der Waals surface area (Å²) in [4.78, 5) is 8.92. The van der Waals surface area contributed by atoms with E-state index in [2.05, 4.69) is 27.2 Å². The van der Waals surface area contributed by atoms with Gasteiger partial charge in [0.15, 0.2) is 5.75 Å². The molecule has 2 N–H and O–H groups in total. The van der Waals surface area contributed by atoms with Crippen LogP contribution in [0.3, 0.4) is 0 Å². The van der Waals surface area contributed by atoms with Gasteiger partial charge in [0.2, 0.25) is 5.95 Å². The van der Waals surface area contributed by atoms with Crippen molar-refractivity contribution in [3.05, 3.63) is 79.0 Å². The molecule has 3 rings (SSSR count). The van der Waals surface area contributed by atoms with E-state index in [9.17, 15) is 0 Å². The number of hydrogen-bond acceptors (Lipinski definition) is 5. The van der Waals surface area contributed by atoms with Gasteiger partial charge in [-0.3, -0.25) is 0 Å². The maximum absolute atomic E-state index is 5.96. The summed E-state index contributed by atoms with van der Waals surface area (Å²) in [6.45, 7) is 6.27. The molecule has 0 radical (unpaired) electrons. The van der Waals surface area contributed by atoms with Crippen LogP contribution in [-0.2, 0) is 0 Å². The molecule has 0 atom stereocenters. The second-order valence-electron chi connectivity index (χ2n) is 5.42. The zero-order valence-electron chi connectivity index (χ0n) is 14.1. The van der Waals surface area contributed by atoms with Crippen molar-refractivity contribution < 1.29 is 4.74 Å². The summed E-state index contributed by atoms with van der Waals surface area (Å²) in [6.07, 6.45) is 1.79. The van der Waals surface area contributed by atoms with Crippen LogP contribution in [0.4, 0.5) is 17.5 Å². The summed E-state index contributed by atoms with van der Waals surface area (Å²) in [5.41, 5.74) is 1.66. The normalized spacial score (nSPS) is 10.1. The van der Waals surface area contributed by atoms with Gasteiger partial charge in [-0.2, -0.15) is 4.98 Å². The van der Waals surface area contributed by atoms with Crippen molar-refractivity contribution in [3.8, 4) is 11.5 Å². The van der Waals surface area contributed by atoms with Gasteiger partial charge in [0.05, 0.1) is 5.69 Å². The van der Waals surface area contributed by atoms with E-state index in [0.717, 1.165) is 22.9 Å². The van der Waals surface area contributed by atoms with Crippen molar-refractivity contribution >= 4 is 17.5 Å². The summed E-state index contributed by atoms with van der Waals surface area (Å²) in [5.74, 6) is 2.74. The second kappa shape index (κ2) is 7.97. The van der Waals surface area contributed by atoms with Crippen LogP contribution in [0.5, 0.6) is 11.5 Å². The standard InChI is InChI=1S/C20H20N4O/c1-3-13-21-19-14-15(2)22-20(24-19)23-17-11-7-8-12-18(17)25-16-9-5-4-6-10-16/h3-12,14H,1,13H2,2H3,(H2,21,22,23,24). The lowest BCUT2D eigenvalue weighted by molar-refractivity contribution is 0.485. The van der Waals surface area contributed by atoms with Crippen LogP contribution in [0.2, 0.25) is 0 Å². The first-order valence-electron chi connectivity index (χ1n) is 8.04. The molecule has 0 saturated heterocycles. The molecule has 5 nitrogen and oxygen atoms in total. The van der Waals surface area contributed by atoms with Gasteiger partial charge in [-0.15, -0.1) is 6.58 Å². The van der Waals surface area contributed by atoms with Crippen LogP contribution < -0.4 is 15.4 Å². The van der Waals surface area contributed by atoms with Gasteiger partial charge in [-0.25, -0.2) is 4.98 Å². The summed E-state index contributed by atoms with van der Waals surface area (Å²) < 4.78 is 5.96. The highest BCUT2D eigenvalue weighted by atomic mass is 16.5. The van der Waals surface area contributed by atoms with E-state index in [0.29, 0.717) is 18.2 Å². The Labute approximate surface area is 147 Å². The number of aromatic nitrogens is 2. The lowest BCUT2D eigenvalue weighted by atomic mass is 10.3. The van der Waals surface area contributed by atoms with E-state index in [4.69, 9.17) is 4.74 Å². The third-order valence-corrected chi connectivity index (χ3v) is 3.39. The predicted molar refractivity (Wildman–Crippen MR) is 102 cm³/mol. The molecule has 0 unspecified atom stereocenters. The summed E-state index contributed by atoms with van der Waals surface area (Å²) in [7, 11) is 0. The number of aryl methyl sites for hydroxylation is 1. The van der Waals surface area contributed by atoms with Gasteiger partial charge < -0.3 is 15.4 Å². The van der Waals surface area contributed by atoms with E-state index in [1.54, 1.807) is 6.08 Å². The molecule has 0 spiro atoms. The first kappa shape index (κ1) is 16.5. The first-order valence-corrected chi connectivity index (χ1v) is 8.04. The molecule has 126 valence electrons. The van der Waals surface area contributed by atoms with Crippen LogP contribution in [0.15, 0.2) is 73.3 Å². The Morgan fingerprint density at radius 1 is 1.04 bits per heavy atom. The number of ether oxygens (including phenoxy) is 1. The average molecular weight is 332 g/mol. The monoisotopic (exact) mass is 332 g/mol. The number of anilines is 3. The highest BCUT2D eigenvalue weighted by Gasteiger charge is 2.08. The Bertz CT molecular complexity index is 849. The minimum atomic E-state index is 0.510. The lowest BCUT2D eigenvalue weighted by Gasteiger charge is -2.13. The third-order valence-electron chi connectivity index (χ3n) is 3.39. The average Bonchev–Trinajstić information content (AvgIpc) is 2.62. The predicted octanol–water partition coefficient (Wildman–Crippen LogP) is 4.92. The lowest BCUT2D eigenvalue weighted by Crippen LogP contribution is -2.05. The van der Waals surface area contributed by atoms with Crippen molar-refractivity contribution in [2.75, 3.05) is 17.2 Å². The van der Waals surface area contributed by atoms with Crippen LogP contribution in [0, 0.1) is 6.92 Å². The van der Waals surface area contributed by atoms with E-state index in [1.807, 2.05) is 67.6 Å². The SMILES string of the molecule is C=CCNc1cc(C)nc(Nc2ccccc2Oc2ccccc2)n1. The second-order valence-corrected chi connectivity index (χ2v) is 5.42. The molecule has 25 heavy (non-hydrogen) atoms. The molecule has 0 amide bonds. The van der Waals surface area contributed by atoms with Crippen molar-refractivity contribution in [2.45, 2.75) is 6.92 Å². The molecule has 1 aromatic heterocycles. The molecule has 0 aliphatic rings. The van der Waals surface area contributed by atoms with Gasteiger partial charge >= 0.3 is 0 Å². The molecule has 0 saturated carbocycles. The van der Waals surface area contributed by atoms with E-state index in [-0.39, 0.29) is 0 Å². The van der Waals surface area contributed by atoms with Crippen molar-refractivity contribution in [1.29, 1.82) is 0 Å². The Kier molecular flexibility index (Phi) is 5.26. The largest absolute Gasteiger partial charge is 0.455 e. The fourth-order valence-electron chi connectivity index (χ4n) is 2.29. The van der Waals surface area contributed by atoms with Crippen molar-refractivity contribution in [2.24, 2.45) is 0 Å². The molecule has 0 aliphatic heterocycles. The molecular formula is C20H20N4O. The van der Waals surface area contributed by atoms with Crippen LogP contribution in [0.1, 0.15) is 5.69 Å². The molecular weight excluding hydrogens is 312 g/mol. The van der Waals surface area contributed by atoms with E-state index < -0.39 is 0 Å². The highest BCUT2D eigenvalue weighted by molar-refractivity contribution is 5.64. The van der Waals surface area contributed by atoms with Gasteiger partial charge in [0.25, 0.3) is 0 Å². The number of rotatable bonds is 7. The maximum atomic E-state index is 5.96. The number of nitrogens with zero attached hydrogens (tertiary/aromatic N) is 2. The zero-order valence-corrected chi connectivity index (χ0v) is 14.1. The number of nitrogens with one attached hydrogen (secondary N) is 2. The summed E-state index contributed by atoms with van der Waals surface area (Å²) >= 11 is 0. The molecule has 5 heteroatoms. The minimum Gasteiger partial charge on any atom is -0.455 e. The van der Waals surface area contributed by atoms with Crippen molar-refractivity contribution in [1.82, 2.24) is 9.97 Å². The number of benzene rings is 2. The smallest absolute Gasteiger partial charge is 0.229 e. The Morgan fingerprint density at radius 2 is 1.80 bits per heavy atom. The number of hydrogen-bond donors (Lipinski definition) is 2. The topological polar surface area (TPSA) is 59.1 Å². The zero-order chi connectivity index (χ0) is 17.5. The fourth-order valence-corrected chi connectivity index (χ4v) is 2.29. The molecule has 1 heterocycles. The Hall–Kier alpha value is -3.34. The minimum absolute atomic E-state index is 0.510. The van der Waals surface area contributed by atoms with E-state index in [1.165, 1.54) is 0 Å². The highest BCUT2D eigenvalue weighted by Crippen LogP contribution is 2.30. The maximum Gasteiger partial charge on any atom is 0.229 e. The fraction of sp³-hybridized carbons (Fsp3) is 0.100.